The summed E-state index contributed by atoms with van der Waals surface area (Å²) in [4.78, 5) is 12.6. The molecule has 2 heterocycles. The number of fused-ring (bicyclic) bond motifs is 1. The van der Waals surface area contributed by atoms with Crippen molar-refractivity contribution in [3.05, 3.63) is 47.3 Å². The molecule has 1 unspecified atom stereocenters. The Hall–Kier alpha value is -2.24. The zero-order valence-electron chi connectivity index (χ0n) is 13.3. The maximum absolute atomic E-state index is 13.1. The van der Waals surface area contributed by atoms with E-state index in [4.69, 9.17) is 0 Å². The number of aryl methyl sites for hydroxylation is 1. The molecule has 0 radical (unpaired) electrons. The number of hydrogen-bond donors (Lipinski definition) is 1. The number of carbonyl (C=O) groups is 1. The van der Waals surface area contributed by atoms with Crippen molar-refractivity contribution in [3.63, 3.8) is 0 Å². The number of hydrogen-bond acceptors (Lipinski definition) is 3. The highest BCUT2D eigenvalue weighted by Gasteiger charge is 2.22. The van der Waals surface area contributed by atoms with Gasteiger partial charge in [0, 0.05) is 13.0 Å². The van der Waals surface area contributed by atoms with Crippen LogP contribution in [0.2, 0.25) is 0 Å². The zero-order valence-corrected chi connectivity index (χ0v) is 13.3. The lowest BCUT2D eigenvalue weighted by atomic mass is 10.0. The Morgan fingerprint density at radius 3 is 2.78 bits per heavy atom. The van der Waals surface area contributed by atoms with E-state index in [1.54, 1.807) is 12.1 Å². The van der Waals surface area contributed by atoms with Crippen molar-refractivity contribution < 1.29 is 9.18 Å². The molecule has 1 aliphatic rings. The van der Waals surface area contributed by atoms with Gasteiger partial charge in [0.1, 0.15) is 11.6 Å². The molecule has 1 aliphatic heterocycles. The second-order valence-corrected chi connectivity index (χ2v) is 5.89. The number of carbonyl (C=O) groups excluding carboxylic acids is 1. The SMILES string of the molecule is CCC(NC(=O)c1nnc2n1CCCCC2)c1ccc(F)cc1. The second kappa shape index (κ2) is 6.89. The van der Waals surface area contributed by atoms with Crippen molar-refractivity contribution in [1.82, 2.24) is 20.1 Å². The van der Waals surface area contributed by atoms with Crippen molar-refractivity contribution >= 4 is 5.91 Å². The number of nitrogens with one attached hydrogen (secondary N) is 1. The Balaban J connectivity index is 1.78. The highest BCUT2D eigenvalue weighted by molar-refractivity contribution is 5.91. The number of benzene rings is 1. The minimum atomic E-state index is -0.280. The van der Waals surface area contributed by atoms with Crippen LogP contribution in [0.25, 0.3) is 0 Å². The van der Waals surface area contributed by atoms with E-state index in [-0.39, 0.29) is 17.8 Å². The molecular formula is C17H21FN4O. The molecule has 1 atom stereocenters. The van der Waals surface area contributed by atoms with Crippen LogP contribution in [-0.4, -0.2) is 20.7 Å². The van der Waals surface area contributed by atoms with Gasteiger partial charge in [-0.3, -0.25) is 4.79 Å². The molecule has 6 heteroatoms. The number of rotatable bonds is 4. The van der Waals surface area contributed by atoms with Crippen LogP contribution in [0.15, 0.2) is 24.3 Å². The van der Waals surface area contributed by atoms with E-state index in [0.717, 1.165) is 50.0 Å². The summed E-state index contributed by atoms with van der Waals surface area (Å²) in [5.74, 6) is 0.768. The Morgan fingerprint density at radius 1 is 1.26 bits per heavy atom. The fourth-order valence-electron chi connectivity index (χ4n) is 2.99. The van der Waals surface area contributed by atoms with E-state index in [1.165, 1.54) is 12.1 Å². The van der Waals surface area contributed by atoms with Gasteiger partial charge >= 0.3 is 0 Å². The molecule has 0 saturated carbocycles. The summed E-state index contributed by atoms with van der Waals surface area (Å²) in [7, 11) is 0. The Bertz CT molecular complexity index is 680. The monoisotopic (exact) mass is 316 g/mol. The molecule has 2 aromatic rings. The maximum Gasteiger partial charge on any atom is 0.289 e. The first-order chi connectivity index (χ1) is 11.2. The van der Waals surface area contributed by atoms with Gasteiger partial charge in [0.25, 0.3) is 5.91 Å². The molecule has 0 aliphatic carbocycles. The molecule has 0 saturated heterocycles. The van der Waals surface area contributed by atoms with Crippen LogP contribution in [0, 0.1) is 5.82 Å². The van der Waals surface area contributed by atoms with Gasteiger partial charge in [0.15, 0.2) is 0 Å². The van der Waals surface area contributed by atoms with E-state index in [2.05, 4.69) is 15.5 Å². The van der Waals surface area contributed by atoms with Gasteiger partial charge in [-0.2, -0.15) is 0 Å². The van der Waals surface area contributed by atoms with Crippen LogP contribution in [-0.2, 0) is 13.0 Å². The van der Waals surface area contributed by atoms with Crippen LogP contribution in [0.1, 0.15) is 60.7 Å². The predicted octanol–water partition coefficient (Wildman–Crippen LogP) is 3.02. The highest BCUT2D eigenvalue weighted by Crippen LogP contribution is 2.19. The molecule has 0 spiro atoms. The molecule has 1 aromatic carbocycles. The summed E-state index contributed by atoms with van der Waals surface area (Å²) < 4.78 is 15.0. The van der Waals surface area contributed by atoms with E-state index in [1.807, 2.05) is 11.5 Å². The first-order valence-electron chi connectivity index (χ1n) is 8.17. The van der Waals surface area contributed by atoms with Crippen LogP contribution >= 0.6 is 0 Å². The average Bonchev–Trinajstić information content (AvgIpc) is 2.82. The van der Waals surface area contributed by atoms with E-state index in [9.17, 15) is 9.18 Å². The predicted molar refractivity (Wildman–Crippen MR) is 84.5 cm³/mol. The van der Waals surface area contributed by atoms with Crippen LogP contribution < -0.4 is 5.32 Å². The van der Waals surface area contributed by atoms with Gasteiger partial charge < -0.3 is 9.88 Å². The van der Waals surface area contributed by atoms with Gasteiger partial charge in [0.2, 0.25) is 5.82 Å². The van der Waals surface area contributed by atoms with E-state index in [0.29, 0.717) is 5.82 Å². The van der Waals surface area contributed by atoms with Crippen LogP contribution in [0.5, 0.6) is 0 Å². The molecule has 1 amide bonds. The first kappa shape index (κ1) is 15.6. The van der Waals surface area contributed by atoms with E-state index < -0.39 is 0 Å². The largest absolute Gasteiger partial charge is 0.343 e. The van der Waals surface area contributed by atoms with Crippen molar-refractivity contribution in [1.29, 1.82) is 0 Å². The number of amides is 1. The Kier molecular flexibility index (Phi) is 4.69. The summed E-state index contributed by atoms with van der Waals surface area (Å²) in [5, 5.41) is 11.2. The quantitative estimate of drug-likeness (QED) is 0.943. The molecular weight excluding hydrogens is 295 g/mol. The first-order valence-corrected chi connectivity index (χ1v) is 8.17. The smallest absolute Gasteiger partial charge is 0.289 e. The van der Waals surface area contributed by atoms with Crippen LogP contribution in [0.4, 0.5) is 4.39 Å². The van der Waals surface area contributed by atoms with Crippen molar-refractivity contribution in [2.45, 2.75) is 51.6 Å². The lowest BCUT2D eigenvalue weighted by molar-refractivity contribution is 0.0920. The average molecular weight is 316 g/mol. The normalized spacial score (nSPS) is 15.6. The molecule has 5 nitrogen and oxygen atoms in total. The number of halogens is 1. The standard InChI is InChI=1S/C17H21FN4O/c1-2-14(12-7-9-13(18)10-8-12)19-17(23)16-21-20-15-6-4-3-5-11-22(15)16/h7-10,14H,2-6,11H2,1H3,(H,19,23). The highest BCUT2D eigenvalue weighted by atomic mass is 19.1. The second-order valence-electron chi connectivity index (χ2n) is 5.89. The summed E-state index contributed by atoms with van der Waals surface area (Å²) in [6.07, 6.45) is 4.87. The fraction of sp³-hybridized carbons (Fsp3) is 0.471. The lowest BCUT2D eigenvalue weighted by Crippen LogP contribution is -2.30. The van der Waals surface area contributed by atoms with E-state index >= 15 is 0 Å². The molecule has 3 rings (SSSR count). The summed E-state index contributed by atoms with van der Waals surface area (Å²) >= 11 is 0. The number of nitrogens with zero attached hydrogens (tertiary/aromatic N) is 3. The summed E-state index contributed by atoms with van der Waals surface area (Å²) in [6.45, 7) is 2.77. The van der Waals surface area contributed by atoms with Gasteiger partial charge in [-0.25, -0.2) is 4.39 Å². The molecule has 1 aromatic heterocycles. The van der Waals surface area contributed by atoms with Crippen LogP contribution in [0.3, 0.4) is 0 Å². The molecule has 0 fully saturated rings. The van der Waals surface area contributed by atoms with Crippen molar-refractivity contribution in [2.75, 3.05) is 0 Å². The van der Waals surface area contributed by atoms with Crippen molar-refractivity contribution in [2.24, 2.45) is 0 Å². The summed E-state index contributed by atoms with van der Waals surface area (Å²) in [6, 6.07) is 6.06. The summed E-state index contributed by atoms with van der Waals surface area (Å²) in [5.41, 5.74) is 0.887. The Morgan fingerprint density at radius 2 is 2.04 bits per heavy atom. The topological polar surface area (TPSA) is 59.8 Å². The molecule has 122 valence electrons. The lowest BCUT2D eigenvalue weighted by Gasteiger charge is -2.17. The minimum Gasteiger partial charge on any atom is -0.343 e. The van der Waals surface area contributed by atoms with Crippen molar-refractivity contribution in [3.8, 4) is 0 Å². The van der Waals surface area contributed by atoms with Gasteiger partial charge in [-0.15, -0.1) is 10.2 Å². The third kappa shape index (κ3) is 3.41. The molecule has 1 N–H and O–H groups in total. The molecule has 0 bridgehead atoms. The number of aromatic nitrogens is 3. The minimum absolute atomic E-state index is 0.165. The third-order valence-corrected chi connectivity index (χ3v) is 4.30. The van der Waals surface area contributed by atoms with Gasteiger partial charge in [-0.1, -0.05) is 25.5 Å². The van der Waals surface area contributed by atoms with Gasteiger partial charge in [-0.05, 0) is 37.0 Å². The zero-order chi connectivity index (χ0) is 16.2. The fourth-order valence-corrected chi connectivity index (χ4v) is 2.99. The van der Waals surface area contributed by atoms with Gasteiger partial charge in [0.05, 0.1) is 6.04 Å². The molecule has 23 heavy (non-hydrogen) atoms. The maximum atomic E-state index is 13.1. The third-order valence-electron chi connectivity index (χ3n) is 4.30. The Labute approximate surface area is 134 Å².